The maximum atomic E-state index is 12.4. The Kier molecular flexibility index (Phi) is 3.43. The standard InChI is InChI=1S/C14H8F3NO/c1-2-10-3-8-13(18-9-10)19-12-6-4-11(5-7-12)14(15,16)17/h1,3-9H. The van der Waals surface area contributed by atoms with Crippen molar-refractivity contribution in [2.24, 2.45) is 0 Å². The van der Waals surface area contributed by atoms with Crippen LogP contribution in [0, 0.1) is 12.3 Å². The van der Waals surface area contributed by atoms with Crippen LogP contribution in [0.4, 0.5) is 13.2 Å². The highest BCUT2D eigenvalue weighted by molar-refractivity contribution is 5.34. The molecule has 0 radical (unpaired) electrons. The fourth-order valence-corrected chi connectivity index (χ4v) is 1.36. The molecule has 1 heterocycles. The zero-order valence-electron chi connectivity index (χ0n) is 9.61. The van der Waals surface area contributed by atoms with Crippen LogP contribution in [0.5, 0.6) is 11.6 Å². The average molecular weight is 263 g/mol. The van der Waals surface area contributed by atoms with E-state index in [4.69, 9.17) is 11.2 Å². The van der Waals surface area contributed by atoms with E-state index in [-0.39, 0.29) is 11.6 Å². The fourth-order valence-electron chi connectivity index (χ4n) is 1.36. The van der Waals surface area contributed by atoms with Crippen molar-refractivity contribution in [1.82, 2.24) is 4.98 Å². The van der Waals surface area contributed by atoms with Crippen molar-refractivity contribution in [2.45, 2.75) is 6.18 Å². The second-order valence-corrected chi connectivity index (χ2v) is 3.65. The van der Waals surface area contributed by atoms with E-state index < -0.39 is 11.7 Å². The van der Waals surface area contributed by atoms with Crippen LogP contribution in [0.2, 0.25) is 0 Å². The minimum Gasteiger partial charge on any atom is -0.439 e. The van der Waals surface area contributed by atoms with Crippen LogP contribution in [0.3, 0.4) is 0 Å². The molecule has 2 rings (SSSR count). The van der Waals surface area contributed by atoms with E-state index in [0.717, 1.165) is 12.1 Å². The van der Waals surface area contributed by atoms with E-state index in [1.165, 1.54) is 18.3 Å². The molecule has 0 bridgehead atoms. The van der Waals surface area contributed by atoms with Gasteiger partial charge in [-0.25, -0.2) is 4.98 Å². The summed E-state index contributed by atoms with van der Waals surface area (Å²) in [5.41, 5.74) is -0.129. The lowest BCUT2D eigenvalue weighted by Crippen LogP contribution is -2.04. The van der Waals surface area contributed by atoms with E-state index in [1.807, 2.05) is 0 Å². The Hall–Kier alpha value is -2.48. The minimum atomic E-state index is -4.36. The minimum absolute atomic E-state index is 0.263. The van der Waals surface area contributed by atoms with E-state index in [9.17, 15) is 13.2 Å². The Morgan fingerprint density at radius 3 is 2.21 bits per heavy atom. The molecule has 1 aromatic heterocycles. The van der Waals surface area contributed by atoms with Gasteiger partial charge in [-0.1, -0.05) is 5.92 Å². The molecule has 2 nitrogen and oxygen atoms in total. The van der Waals surface area contributed by atoms with Crippen LogP contribution in [-0.2, 0) is 6.18 Å². The van der Waals surface area contributed by atoms with E-state index >= 15 is 0 Å². The lowest BCUT2D eigenvalue weighted by atomic mass is 10.2. The van der Waals surface area contributed by atoms with Crippen molar-refractivity contribution in [3.63, 3.8) is 0 Å². The van der Waals surface area contributed by atoms with Gasteiger partial charge >= 0.3 is 6.18 Å². The van der Waals surface area contributed by atoms with Crippen LogP contribution in [0.25, 0.3) is 0 Å². The van der Waals surface area contributed by atoms with Crippen LogP contribution < -0.4 is 4.74 Å². The first kappa shape index (κ1) is 13.0. The lowest BCUT2D eigenvalue weighted by Gasteiger charge is -2.08. The second kappa shape index (κ2) is 5.02. The number of pyridine rings is 1. The Morgan fingerprint density at radius 1 is 1.05 bits per heavy atom. The van der Waals surface area contributed by atoms with Crippen molar-refractivity contribution in [3.05, 3.63) is 53.7 Å². The molecule has 0 fully saturated rings. The average Bonchev–Trinajstić information content (AvgIpc) is 2.39. The number of halogens is 3. The maximum Gasteiger partial charge on any atom is 0.416 e. The summed E-state index contributed by atoms with van der Waals surface area (Å²) >= 11 is 0. The third kappa shape index (κ3) is 3.26. The summed E-state index contributed by atoms with van der Waals surface area (Å²) in [5.74, 6) is 2.93. The summed E-state index contributed by atoms with van der Waals surface area (Å²) < 4.78 is 42.4. The van der Waals surface area contributed by atoms with Crippen molar-refractivity contribution in [3.8, 4) is 24.0 Å². The number of hydrogen-bond acceptors (Lipinski definition) is 2. The number of aromatic nitrogens is 1. The molecular formula is C14H8F3NO. The van der Waals surface area contributed by atoms with Crippen LogP contribution in [0.15, 0.2) is 42.6 Å². The van der Waals surface area contributed by atoms with Crippen LogP contribution in [-0.4, -0.2) is 4.98 Å². The van der Waals surface area contributed by atoms with Gasteiger partial charge in [0, 0.05) is 17.8 Å². The van der Waals surface area contributed by atoms with Crippen molar-refractivity contribution < 1.29 is 17.9 Å². The molecule has 0 spiro atoms. The number of benzene rings is 1. The Bertz CT molecular complexity index is 595. The molecule has 2 aromatic rings. The van der Waals surface area contributed by atoms with Crippen molar-refractivity contribution >= 4 is 0 Å². The molecular weight excluding hydrogens is 255 g/mol. The summed E-state index contributed by atoms with van der Waals surface area (Å²) in [5, 5.41) is 0. The Labute approximate surface area is 107 Å². The molecule has 0 N–H and O–H groups in total. The fraction of sp³-hybridized carbons (Fsp3) is 0.0714. The number of nitrogens with zero attached hydrogens (tertiary/aromatic N) is 1. The Balaban J connectivity index is 2.13. The number of terminal acetylenes is 1. The van der Waals surface area contributed by atoms with Gasteiger partial charge in [0.1, 0.15) is 5.75 Å². The topological polar surface area (TPSA) is 22.1 Å². The van der Waals surface area contributed by atoms with Gasteiger partial charge in [-0.05, 0) is 30.3 Å². The van der Waals surface area contributed by atoms with Gasteiger partial charge in [0.25, 0.3) is 0 Å². The molecule has 0 aliphatic carbocycles. The van der Waals surface area contributed by atoms with E-state index in [0.29, 0.717) is 5.56 Å². The zero-order valence-corrected chi connectivity index (χ0v) is 9.61. The third-order valence-electron chi connectivity index (χ3n) is 2.31. The van der Waals surface area contributed by atoms with Crippen LogP contribution >= 0.6 is 0 Å². The molecule has 1 aromatic carbocycles. The number of hydrogen-bond donors (Lipinski definition) is 0. The lowest BCUT2D eigenvalue weighted by molar-refractivity contribution is -0.137. The summed E-state index contributed by atoms with van der Waals surface area (Å²) in [4.78, 5) is 3.93. The SMILES string of the molecule is C#Cc1ccc(Oc2ccc(C(F)(F)F)cc2)nc1. The van der Waals surface area contributed by atoms with E-state index in [2.05, 4.69) is 10.9 Å². The number of ether oxygens (including phenoxy) is 1. The summed E-state index contributed by atoms with van der Waals surface area (Å²) in [6.45, 7) is 0. The monoisotopic (exact) mass is 263 g/mol. The van der Waals surface area contributed by atoms with Gasteiger partial charge in [0.15, 0.2) is 0 Å². The summed E-state index contributed by atoms with van der Waals surface area (Å²) in [6, 6.07) is 7.55. The van der Waals surface area contributed by atoms with E-state index in [1.54, 1.807) is 12.1 Å². The first-order chi connectivity index (χ1) is 8.99. The quantitative estimate of drug-likeness (QED) is 0.767. The number of rotatable bonds is 2. The molecule has 96 valence electrons. The van der Waals surface area contributed by atoms with Gasteiger partial charge in [0.2, 0.25) is 5.88 Å². The zero-order chi connectivity index (χ0) is 13.9. The van der Waals surface area contributed by atoms with Crippen molar-refractivity contribution in [1.29, 1.82) is 0 Å². The highest BCUT2D eigenvalue weighted by atomic mass is 19.4. The molecule has 0 saturated carbocycles. The summed E-state index contributed by atoms with van der Waals surface area (Å²) in [6.07, 6.45) is 2.26. The number of alkyl halides is 3. The molecule has 5 heteroatoms. The molecule has 0 unspecified atom stereocenters. The van der Waals surface area contributed by atoms with Gasteiger partial charge < -0.3 is 4.74 Å². The molecule has 0 atom stereocenters. The Morgan fingerprint density at radius 2 is 1.74 bits per heavy atom. The van der Waals surface area contributed by atoms with Gasteiger partial charge in [-0.3, -0.25) is 0 Å². The van der Waals surface area contributed by atoms with Crippen LogP contribution in [0.1, 0.15) is 11.1 Å². The van der Waals surface area contributed by atoms with Crippen molar-refractivity contribution in [2.75, 3.05) is 0 Å². The molecule has 19 heavy (non-hydrogen) atoms. The maximum absolute atomic E-state index is 12.4. The van der Waals surface area contributed by atoms with Gasteiger partial charge in [-0.2, -0.15) is 13.2 Å². The smallest absolute Gasteiger partial charge is 0.416 e. The molecule has 0 aliphatic rings. The molecule has 0 amide bonds. The predicted octanol–water partition coefficient (Wildman–Crippen LogP) is 3.87. The highest BCUT2D eigenvalue weighted by Gasteiger charge is 2.30. The largest absolute Gasteiger partial charge is 0.439 e. The molecule has 0 saturated heterocycles. The van der Waals surface area contributed by atoms with Gasteiger partial charge in [0.05, 0.1) is 5.56 Å². The first-order valence-corrected chi connectivity index (χ1v) is 5.27. The first-order valence-electron chi connectivity index (χ1n) is 5.27. The predicted molar refractivity (Wildman–Crippen MR) is 63.7 cm³/mol. The molecule has 0 aliphatic heterocycles. The van der Waals surface area contributed by atoms with Gasteiger partial charge in [-0.15, -0.1) is 6.42 Å². The highest BCUT2D eigenvalue weighted by Crippen LogP contribution is 2.31. The normalized spacial score (nSPS) is 10.8. The third-order valence-corrected chi connectivity index (χ3v) is 2.31. The summed E-state index contributed by atoms with van der Waals surface area (Å²) in [7, 11) is 0. The second-order valence-electron chi connectivity index (χ2n) is 3.65.